The molecule has 2 atom stereocenters. The minimum Gasteiger partial charge on any atom is -0.353 e. The average molecular weight is 349 g/mol. The molecule has 1 aliphatic carbocycles. The standard InChI is InChI=1S/C19H31N3O3/c1-14-19(25)21-12-6-9-16(21)13-22(14)18(24)11-10-17(23)20-15-7-4-2-3-5-8-15/h14-16H,2-13H2,1H3,(H,20,23)/t14-,16-/m0/s1. The maximum Gasteiger partial charge on any atom is 0.245 e. The molecule has 3 rings (SSSR count). The van der Waals surface area contributed by atoms with Crippen LogP contribution in [0.25, 0.3) is 0 Å². The minimum atomic E-state index is -0.397. The lowest BCUT2D eigenvalue weighted by molar-refractivity contribution is -0.152. The lowest BCUT2D eigenvalue weighted by Crippen LogP contribution is -2.60. The maximum absolute atomic E-state index is 12.6. The molecule has 0 unspecified atom stereocenters. The van der Waals surface area contributed by atoms with Gasteiger partial charge in [-0.2, -0.15) is 0 Å². The molecule has 3 aliphatic rings. The molecule has 25 heavy (non-hydrogen) atoms. The molecule has 140 valence electrons. The Labute approximate surface area is 150 Å². The molecule has 6 nitrogen and oxygen atoms in total. The molecule has 0 aromatic rings. The third-order valence-corrected chi connectivity index (χ3v) is 6.00. The van der Waals surface area contributed by atoms with Crippen molar-refractivity contribution in [3.63, 3.8) is 0 Å². The van der Waals surface area contributed by atoms with Crippen LogP contribution in [0.1, 0.15) is 71.1 Å². The van der Waals surface area contributed by atoms with Crippen LogP contribution in [-0.4, -0.2) is 58.7 Å². The van der Waals surface area contributed by atoms with Crippen molar-refractivity contribution < 1.29 is 14.4 Å². The van der Waals surface area contributed by atoms with Crippen LogP contribution in [0.5, 0.6) is 0 Å². The fourth-order valence-electron chi connectivity index (χ4n) is 4.48. The molecule has 1 N–H and O–H groups in total. The molecular formula is C19H31N3O3. The van der Waals surface area contributed by atoms with E-state index in [0.717, 1.165) is 32.2 Å². The van der Waals surface area contributed by atoms with Gasteiger partial charge < -0.3 is 15.1 Å². The Bertz CT molecular complexity index is 514. The first kappa shape index (κ1) is 18.2. The van der Waals surface area contributed by atoms with Crippen molar-refractivity contribution in [2.75, 3.05) is 13.1 Å². The fourth-order valence-corrected chi connectivity index (χ4v) is 4.48. The number of carbonyl (C=O) groups excluding carboxylic acids is 3. The monoisotopic (exact) mass is 349 g/mol. The topological polar surface area (TPSA) is 69.7 Å². The first-order valence-electron chi connectivity index (χ1n) is 9.95. The number of fused-ring (bicyclic) bond motifs is 1. The molecule has 2 saturated heterocycles. The van der Waals surface area contributed by atoms with Gasteiger partial charge in [-0.25, -0.2) is 0 Å². The van der Waals surface area contributed by atoms with Crippen molar-refractivity contribution in [1.29, 1.82) is 0 Å². The zero-order chi connectivity index (χ0) is 17.8. The number of nitrogens with zero attached hydrogens (tertiary/aromatic N) is 2. The predicted molar refractivity (Wildman–Crippen MR) is 94.8 cm³/mol. The quantitative estimate of drug-likeness (QED) is 0.787. The molecule has 2 aliphatic heterocycles. The molecular weight excluding hydrogens is 318 g/mol. The number of carbonyl (C=O) groups is 3. The van der Waals surface area contributed by atoms with Gasteiger partial charge in [0, 0.05) is 38.0 Å². The van der Waals surface area contributed by atoms with E-state index in [9.17, 15) is 14.4 Å². The van der Waals surface area contributed by atoms with Gasteiger partial charge in [0.2, 0.25) is 17.7 Å². The Morgan fingerprint density at radius 1 is 1.04 bits per heavy atom. The van der Waals surface area contributed by atoms with E-state index in [1.807, 2.05) is 4.90 Å². The highest BCUT2D eigenvalue weighted by atomic mass is 16.2. The van der Waals surface area contributed by atoms with Crippen LogP contribution in [0, 0.1) is 0 Å². The second-order valence-corrected chi connectivity index (χ2v) is 7.81. The number of amides is 3. The van der Waals surface area contributed by atoms with E-state index in [1.54, 1.807) is 11.8 Å². The van der Waals surface area contributed by atoms with Crippen LogP contribution in [0.2, 0.25) is 0 Å². The van der Waals surface area contributed by atoms with Crippen molar-refractivity contribution >= 4 is 17.7 Å². The van der Waals surface area contributed by atoms with Gasteiger partial charge in [-0.3, -0.25) is 14.4 Å². The molecule has 6 heteroatoms. The van der Waals surface area contributed by atoms with Crippen LogP contribution in [-0.2, 0) is 14.4 Å². The zero-order valence-corrected chi connectivity index (χ0v) is 15.3. The highest BCUT2D eigenvalue weighted by Crippen LogP contribution is 2.26. The largest absolute Gasteiger partial charge is 0.353 e. The molecule has 0 spiro atoms. The van der Waals surface area contributed by atoms with Crippen LogP contribution >= 0.6 is 0 Å². The average Bonchev–Trinajstić information content (AvgIpc) is 2.93. The van der Waals surface area contributed by atoms with Crippen molar-refractivity contribution in [3.05, 3.63) is 0 Å². The van der Waals surface area contributed by atoms with Crippen LogP contribution in [0.15, 0.2) is 0 Å². The summed E-state index contributed by atoms with van der Waals surface area (Å²) in [6, 6.07) is 0.0480. The van der Waals surface area contributed by atoms with E-state index >= 15 is 0 Å². The Balaban J connectivity index is 1.46. The lowest BCUT2D eigenvalue weighted by atomic mass is 10.1. The summed E-state index contributed by atoms with van der Waals surface area (Å²) in [7, 11) is 0. The SMILES string of the molecule is C[C@H]1C(=O)N2CCC[C@H]2CN1C(=O)CCC(=O)NC1CCCCCC1. The van der Waals surface area contributed by atoms with E-state index in [-0.39, 0.29) is 42.6 Å². The van der Waals surface area contributed by atoms with Gasteiger partial charge in [-0.05, 0) is 32.6 Å². The summed E-state index contributed by atoms with van der Waals surface area (Å²) in [5.41, 5.74) is 0. The summed E-state index contributed by atoms with van der Waals surface area (Å²) in [6.07, 6.45) is 9.38. The van der Waals surface area contributed by atoms with Crippen LogP contribution in [0.3, 0.4) is 0 Å². The first-order valence-corrected chi connectivity index (χ1v) is 9.95. The second kappa shape index (κ2) is 8.19. The molecule has 2 heterocycles. The Kier molecular flexibility index (Phi) is 5.97. The summed E-state index contributed by atoms with van der Waals surface area (Å²) in [5, 5.41) is 3.09. The van der Waals surface area contributed by atoms with Crippen molar-refractivity contribution in [2.45, 2.75) is 89.3 Å². The van der Waals surface area contributed by atoms with Crippen molar-refractivity contribution in [2.24, 2.45) is 0 Å². The van der Waals surface area contributed by atoms with E-state index in [1.165, 1.54) is 25.7 Å². The molecule has 3 amide bonds. The molecule has 1 saturated carbocycles. The van der Waals surface area contributed by atoms with Gasteiger partial charge in [0.25, 0.3) is 0 Å². The Hall–Kier alpha value is -1.59. The van der Waals surface area contributed by atoms with Crippen LogP contribution < -0.4 is 5.32 Å². The van der Waals surface area contributed by atoms with Gasteiger partial charge in [0.05, 0.1) is 0 Å². The number of hydrogen-bond acceptors (Lipinski definition) is 3. The number of rotatable bonds is 4. The lowest BCUT2D eigenvalue weighted by Gasteiger charge is -2.41. The number of nitrogens with one attached hydrogen (secondary N) is 1. The smallest absolute Gasteiger partial charge is 0.245 e. The van der Waals surface area contributed by atoms with Crippen LogP contribution in [0.4, 0.5) is 0 Å². The van der Waals surface area contributed by atoms with E-state index in [0.29, 0.717) is 6.54 Å². The molecule has 0 bridgehead atoms. The maximum atomic E-state index is 12.6. The normalized spacial score (nSPS) is 27.8. The van der Waals surface area contributed by atoms with Gasteiger partial charge in [-0.1, -0.05) is 25.7 Å². The predicted octanol–water partition coefficient (Wildman–Crippen LogP) is 1.83. The third kappa shape index (κ3) is 4.33. The van der Waals surface area contributed by atoms with Crippen molar-refractivity contribution in [1.82, 2.24) is 15.1 Å². The highest BCUT2D eigenvalue weighted by molar-refractivity contribution is 5.90. The second-order valence-electron chi connectivity index (χ2n) is 7.81. The number of hydrogen-bond donors (Lipinski definition) is 1. The Morgan fingerprint density at radius 2 is 1.76 bits per heavy atom. The van der Waals surface area contributed by atoms with E-state index in [2.05, 4.69) is 5.32 Å². The van der Waals surface area contributed by atoms with E-state index in [4.69, 9.17) is 0 Å². The molecule has 0 aromatic heterocycles. The van der Waals surface area contributed by atoms with Gasteiger partial charge in [0.1, 0.15) is 6.04 Å². The molecule has 0 aromatic carbocycles. The number of piperazine rings is 1. The first-order chi connectivity index (χ1) is 12.1. The summed E-state index contributed by atoms with van der Waals surface area (Å²) >= 11 is 0. The van der Waals surface area contributed by atoms with Gasteiger partial charge in [0.15, 0.2) is 0 Å². The summed E-state index contributed by atoms with van der Waals surface area (Å²) in [5.74, 6) is -0.0350. The molecule has 3 fully saturated rings. The Morgan fingerprint density at radius 3 is 2.48 bits per heavy atom. The summed E-state index contributed by atoms with van der Waals surface area (Å²) < 4.78 is 0. The van der Waals surface area contributed by atoms with Crippen molar-refractivity contribution in [3.8, 4) is 0 Å². The molecule has 0 radical (unpaired) electrons. The summed E-state index contributed by atoms with van der Waals surface area (Å²) in [6.45, 7) is 3.25. The summed E-state index contributed by atoms with van der Waals surface area (Å²) in [4.78, 5) is 40.8. The fraction of sp³-hybridized carbons (Fsp3) is 0.842. The third-order valence-electron chi connectivity index (χ3n) is 6.00. The zero-order valence-electron chi connectivity index (χ0n) is 15.3. The van der Waals surface area contributed by atoms with Gasteiger partial charge in [-0.15, -0.1) is 0 Å². The van der Waals surface area contributed by atoms with E-state index < -0.39 is 6.04 Å². The van der Waals surface area contributed by atoms with Gasteiger partial charge >= 0.3 is 0 Å². The highest BCUT2D eigenvalue weighted by Gasteiger charge is 2.41. The minimum absolute atomic E-state index is 0.0290.